The lowest BCUT2D eigenvalue weighted by atomic mass is 10.2. The van der Waals surface area contributed by atoms with Crippen LogP contribution in [0.5, 0.6) is 5.75 Å². The van der Waals surface area contributed by atoms with Gasteiger partial charge in [-0.15, -0.1) is 0 Å². The lowest BCUT2D eigenvalue weighted by Crippen LogP contribution is -2.11. The molecule has 0 aliphatic heterocycles. The molecule has 0 saturated heterocycles. The smallest absolute Gasteiger partial charge is 0.139 e. The summed E-state index contributed by atoms with van der Waals surface area (Å²) in [5, 5.41) is 7.71. The predicted molar refractivity (Wildman–Crippen MR) is 54.0 cm³/mol. The molecule has 0 amide bonds. The van der Waals surface area contributed by atoms with Crippen LogP contribution in [0.1, 0.15) is 5.56 Å². The maximum atomic E-state index is 7.19. The van der Waals surface area contributed by atoms with Gasteiger partial charge in [0.1, 0.15) is 16.6 Å². The molecule has 0 radical (unpaired) electrons. The largest absolute Gasteiger partial charge is 0.495 e. The van der Waals surface area contributed by atoms with Crippen molar-refractivity contribution in [1.82, 2.24) is 0 Å². The Kier molecular flexibility index (Phi) is 3.01. The van der Waals surface area contributed by atoms with E-state index in [1.54, 1.807) is 12.1 Å². The first-order valence-corrected chi connectivity index (χ1v) is 4.20. The summed E-state index contributed by atoms with van der Waals surface area (Å²) < 4.78 is 4.93. The maximum absolute atomic E-state index is 7.19. The van der Waals surface area contributed by atoms with Crippen molar-refractivity contribution < 1.29 is 4.74 Å². The lowest BCUT2D eigenvalue weighted by molar-refractivity contribution is 0.415. The van der Waals surface area contributed by atoms with Gasteiger partial charge in [-0.2, -0.15) is 0 Å². The van der Waals surface area contributed by atoms with Crippen LogP contribution in [0.3, 0.4) is 0 Å². The lowest BCUT2D eigenvalue weighted by Gasteiger charge is -2.07. The van der Waals surface area contributed by atoms with Gasteiger partial charge in [-0.25, -0.2) is 0 Å². The second-order valence-electron chi connectivity index (χ2n) is 2.36. The van der Waals surface area contributed by atoms with Crippen LogP contribution in [-0.4, -0.2) is 12.9 Å². The molecule has 0 spiro atoms. The Bertz CT molecular complexity index is 352. The molecule has 13 heavy (non-hydrogen) atoms. The molecule has 1 rings (SSSR count). The second kappa shape index (κ2) is 3.85. The molecule has 0 saturated carbocycles. The van der Waals surface area contributed by atoms with Crippen molar-refractivity contribution in [1.29, 1.82) is 5.41 Å². The average Bonchev–Trinajstić information content (AvgIpc) is 2.09. The molecule has 0 heterocycles. The number of nitrogen functional groups attached to an aromatic ring is 1. The van der Waals surface area contributed by atoms with Gasteiger partial charge in [0.25, 0.3) is 0 Å². The van der Waals surface area contributed by atoms with Crippen LogP contribution in [-0.2, 0) is 0 Å². The molecule has 0 unspecified atom stereocenters. The van der Waals surface area contributed by atoms with Crippen LogP contribution >= 0.6 is 23.2 Å². The summed E-state index contributed by atoms with van der Waals surface area (Å²) in [5.74, 6) is 0.353. The Labute approximate surface area is 85.9 Å². The summed E-state index contributed by atoms with van der Waals surface area (Å²) in [4.78, 5) is 0. The minimum Gasteiger partial charge on any atom is -0.495 e. The highest BCUT2D eigenvalue weighted by atomic mass is 35.5. The Morgan fingerprint density at radius 3 is 2.46 bits per heavy atom. The normalized spacial score (nSPS) is 9.77. The molecule has 3 N–H and O–H groups in total. The number of methoxy groups -OCH3 is 1. The first-order valence-electron chi connectivity index (χ1n) is 3.44. The van der Waals surface area contributed by atoms with Crippen molar-refractivity contribution in [2.24, 2.45) is 5.73 Å². The van der Waals surface area contributed by atoms with E-state index in [0.29, 0.717) is 11.3 Å². The molecular weight excluding hydrogens is 211 g/mol. The number of ether oxygens (including phenoxy) is 1. The molecule has 70 valence electrons. The number of nitrogens with two attached hydrogens (primary N) is 1. The standard InChI is InChI=1S/C8H8Cl2N2O/c1-13-5-3-2-4(8(11)12)6(9)7(5)10/h2-3H,1H3,(H3,11,12). The van der Waals surface area contributed by atoms with Gasteiger partial charge in [0.2, 0.25) is 0 Å². The van der Waals surface area contributed by atoms with E-state index in [9.17, 15) is 0 Å². The SMILES string of the molecule is COc1ccc(C(=N)N)c(Cl)c1Cl. The number of amidine groups is 1. The topological polar surface area (TPSA) is 59.1 Å². The third-order valence-electron chi connectivity index (χ3n) is 1.56. The van der Waals surface area contributed by atoms with Crippen molar-refractivity contribution in [3.05, 3.63) is 27.7 Å². The second-order valence-corrected chi connectivity index (χ2v) is 3.11. The Morgan fingerprint density at radius 1 is 1.38 bits per heavy atom. The third kappa shape index (κ3) is 1.87. The van der Waals surface area contributed by atoms with Crippen molar-refractivity contribution in [3.63, 3.8) is 0 Å². The van der Waals surface area contributed by atoms with Gasteiger partial charge >= 0.3 is 0 Å². The van der Waals surface area contributed by atoms with Gasteiger partial charge < -0.3 is 10.5 Å². The van der Waals surface area contributed by atoms with Gasteiger partial charge in [-0.3, -0.25) is 5.41 Å². The Morgan fingerprint density at radius 2 is 2.00 bits per heavy atom. The third-order valence-corrected chi connectivity index (χ3v) is 2.42. The highest BCUT2D eigenvalue weighted by Crippen LogP contribution is 2.34. The van der Waals surface area contributed by atoms with Gasteiger partial charge in [0.05, 0.1) is 12.1 Å². The number of halogens is 2. The summed E-state index contributed by atoms with van der Waals surface area (Å²) >= 11 is 11.7. The number of nitrogens with one attached hydrogen (secondary N) is 1. The van der Waals surface area contributed by atoms with E-state index < -0.39 is 0 Å². The number of hydrogen-bond donors (Lipinski definition) is 2. The zero-order valence-electron chi connectivity index (χ0n) is 6.90. The fraction of sp³-hybridized carbons (Fsp3) is 0.125. The number of benzene rings is 1. The molecule has 0 bridgehead atoms. The molecule has 0 fully saturated rings. The molecule has 3 nitrogen and oxygen atoms in total. The van der Waals surface area contributed by atoms with E-state index >= 15 is 0 Å². The minimum absolute atomic E-state index is 0.116. The number of hydrogen-bond acceptors (Lipinski definition) is 2. The highest BCUT2D eigenvalue weighted by Gasteiger charge is 2.11. The fourth-order valence-electron chi connectivity index (χ4n) is 0.897. The molecule has 0 aromatic heterocycles. The number of rotatable bonds is 2. The summed E-state index contributed by atoms with van der Waals surface area (Å²) in [6.45, 7) is 0. The minimum atomic E-state index is -0.116. The molecule has 1 aromatic carbocycles. The zero-order valence-corrected chi connectivity index (χ0v) is 8.41. The van der Waals surface area contributed by atoms with Gasteiger partial charge in [-0.05, 0) is 12.1 Å². The molecule has 1 aromatic rings. The van der Waals surface area contributed by atoms with Gasteiger partial charge in [-0.1, -0.05) is 23.2 Å². The van der Waals surface area contributed by atoms with Crippen molar-refractivity contribution in [2.45, 2.75) is 0 Å². The van der Waals surface area contributed by atoms with Crippen LogP contribution in [0.2, 0.25) is 10.0 Å². The molecule has 0 atom stereocenters. The molecule has 0 aliphatic rings. The average molecular weight is 219 g/mol. The van der Waals surface area contributed by atoms with Crippen molar-refractivity contribution in [3.8, 4) is 5.75 Å². The van der Waals surface area contributed by atoms with Crippen LogP contribution in [0, 0.1) is 5.41 Å². The van der Waals surface area contributed by atoms with Crippen LogP contribution in [0.25, 0.3) is 0 Å². The maximum Gasteiger partial charge on any atom is 0.139 e. The van der Waals surface area contributed by atoms with Crippen LogP contribution in [0.15, 0.2) is 12.1 Å². The molecule has 0 aliphatic carbocycles. The van der Waals surface area contributed by atoms with E-state index in [4.69, 9.17) is 39.1 Å². The summed E-state index contributed by atoms with van der Waals surface area (Å²) in [6, 6.07) is 3.21. The van der Waals surface area contributed by atoms with Crippen molar-refractivity contribution >= 4 is 29.0 Å². The van der Waals surface area contributed by atoms with E-state index in [1.807, 2.05) is 0 Å². The quantitative estimate of drug-likeness (QED) is 0.592. The Balaban J connectivity index is 3.31. The first kappa shape index (κ1) is 10.2. The zero-order chi connectivity index (χ0) is 10.0. The van der Waals surface area contributed by atoms with Crippen LogP contribution in [0.4, 0.5) is 0 Å². The van der Waals surface area contributed by atoms with E-state index in [-0.39, 0.29) is 15.9 Å². The highest BCUT2D eigenvalue weighted by molar-refractivity contribution is 6.44. The van der Waals surface area contributed by atoms with Crippen molar-refractivity contribution in [2.75, 3.05) is 7.11 Å². The summed E-state index contributed by atoms with van der Waals surface area (Å²) in [5.41, 5.74) is 5.68. The van der Waals surface area contributed by atoms with E-state index in [1.165, 1.54) is 7.11 Å². The van der Waals surface area contributed by atoms with Crippen LogP contribution < -0.4 is 10.5 Å². The molecule has 5 heteroatoms. The fourth-order valence-corrected chi connectivity index (χ4v) is 1.40. The predicted octanol–water partition coefficient (Wildman–Crippen LogP) is 2.29. The summed E-state index contributed by atoms with van der Waals surface area (Å²) in [6.07, 6.45) is 0. The Hall–Kier alpha value is -0.930. The molecular formula is C8H8Cl2N2O. The monoisotopic (exact) mass is 218 g/mol. The summed E-state index contributed by atoms with van der Waals surface area (Å²) in [7, 11) is 1.49. The van der Waals surface area contributed by atoms with E-state index in [0.717, 1.165) is 0 Å². The first-order chi connectivity index (χ1) is 6.07. The van der Waals surface area contributed by atoms with E-state index in [2.05, 4.69) is 0 Å². The van der Waals surface area contributed by atoms with Gasteiger partial charge in [0.15, 0.2) is 0 Å². The van der Waals surface area contributed by atoms with Gasteiger partial charge in [0, 0.05) is 5.56 Å².